The van der Waals surface area contributed by atoms with Crippen molar-refractivity contribution in [1.29, 1.82) is 0 Å². The predicted octanol–water partition coefficient (Wildman–Crippen LogP) is 4.34. The summed E-state index contributed by atoms with van der Waals surface area (Å²) >= 11 is 0. The largest absolute Gasteiger partial charge is 0.426 e. The molecule has 0 aromatic heterocycles. The quantitative estimate of drug-likeness (QED) is 0.608. The number of rotatable bonds is 5. The smallest absolute Gasteiger partial charge is 0.311 e. The molecule has 0 bridgehead atoms. The standard InChI is InChI=1S/C19H22O4/c1-5-9-17(21)23-18-12(3)14(6-2)19(22-13(4)20)16-11-8-7-10-15(16)18/h7-8,10-11H,5-6,9H2,1-4H3. The van der Waals surface area contributed by atoms with Crippen LogP contribution in [-0.4, -0.2) is 11.9 Å². The first-order valence-corrected chi connectivity index (χ1v) is 7.92. The van der Waals surface area contributed by atoms with Crippen molar-refractivity contribution in [2.24, 2.45) is 0 Å². The third-order valence-electron chi connectivity index (χ3n) is 3.75. The van der Waals surface area contributed by atoms with Crippen LogP contribution in [0.3, 0.4) is 0 Å². The number of carbonyl (C=O) groups is 2. The van der Waals surface area contributed by atoms with Crippen molar-refractivity contribution in [3.8, 4) is 11.5 Å². The fourth-order valence-electron chi connectivity index (χ4n) is 2.74. The molecule has 0 aliphatic carbocycles. The van der Waals surface area contributed by atoms with Crippen LogP contribution in [0, 0.1) is 6.92 Å². The highest BCUT2D eigenvalue weighted by atomic mass is 16.5. The monoisotopic (exact) mass is 314 g/mol. The highest BCUT2D eigenvalue weighted by molar-refractivity contribution is 5.98. The average Bonchev–Trinajstić information content (AvgIpc) is 2.51. The number of hydrogen-bond acceptors (Lipinski definition) is 4. The maximum absolute atomic E-state index is 12.0. The lowest BCUT2D eigenvalue weighted by atomic mass is 9.97. The summed E-state index contributed by atoms with van der Waals surface area (Å²) < 4.78 is 11.1. The first kappa shape index (κ1) is 17.0. The fraction of sp³-hybridized carbons (Fsp3) is 0.368. The van der Waals surface area contributed by atoms with Crippen molar-refractivity contribution in [3.05, 3.63) is 35.4 Å². The second kappa shape index (κ2) is 7.27. The van der Waals surface area contributed by atoms with Crippen molar-refractivity contribution in [2.75, 3.05) is 0 Å². The van der Waals surface area contributed by atoms with E-state index in [1.54, 1.807) is 0 Å². The highest BCUT2D eigenvalue weighted by Gasteiger charge is 2.20. The van der Waals surface area contributed by atoms with Gasteiger partial charge in [0.25, 0.3) is 0 Å². The Bertz CT molecular complexity index is 747. The van der Waals surface area contributed by atoms with Gasteiger partial charge in [-0.15, -0.1) is 0 Å². The molecule has 0 unspecified atom stereocenters. The molecule has 0 saturated heterocycles. The molecule has 0 spiro atoms. The van der Waals surface area contributed by atoms with Crippen molar-refractivity contribution in [1.82, 2.24) is 0 Å². The van der Waals surface area contributed by atoms with E-state index in [0.717, 1.165) is 28.3 Å². The summed E-state index contributed by atoms with van der Waals surface area (Å²) in [4.78, 5) is 23.4. The summed E-state index contributed by atoms with van der Waals surface area (Å²) in [5, 5.41) is 1.56. The Morgan fingerprint density at radius 1 is 1.00 bits per heavy atom. The first-order valence-electron chi connectivity index (χ1n) is 7.92. The summed E-state index contributed by atoms with van der Waals surface area (Å²) in [5.41, 5.74) is 1.73. The number of carbonyl (C=O) groups excluding carboxylic acids is 2. The third-order valence-corrected chi connectivity index (χ3v) is 3.75. The summed E-state index contributed by atoms with van der Waals surface area (Å²) in [6.45, 7) is 7.21. The van der Waals surface area contributed by atoms with Crippen LogP contribution in [0.2, 0.25) is 0 Å². The lowest BCUT2D eigenvalue weighted by Crippen LogP contribution is -2.11. The Hall–Kier alpha value is -2.36. The minimum absolute atomic E-state index is 0.247. The number of ether oxygens (including phenoxy) is 2. The SMILES string of the molecule is CCCC(=O)Oc1c(C)c(CC)c(OC(C)=O)c2ccccc12. The van der Waals surface area contributed by atoms with E-state index in [1.165, 1.54) is 6.92 Å². The van der Waals surface area contributed by atoms with E-state index >= 15 is 0 Å². The van der Waals surface area contributed by atoms with E-state index in [9.17, 15) is 9.59 Å². The molecule has 2 aromatic carbocycles. The Labute approximate surface area is 136 Å². The maximum atomic E-state index is 12.0. The summed E-state index contributed by atoms with van der Waals surface area (Å²) in [6, 6.07) is 7.51. The van der Waals surface area contributed by atoms with Gasteiger partial charge in [0.15, 0.2) is 0 Å². The molecule has 0 amide bonds. The molecule has 0 aliphatic rings. The lowest BCUT2D eigenvalue weighted by Gasteiger charge is -2.18. The van der Waals surface area contributed by atoms with E-state index in [-0.39, 0.29) is 11.9 Å². The molecule has 4 heteroatoms. The van der Waals surface area contributed by atoms with E-state index in [1.807, 2.05) is 45.0 Å². The lowest BCUT2D eigenvalue weighted by molar-refractivity contribution is -0.134. The highest BCUT2D eigenvalue weighted by Crippen LogP contribution is 2.41. The molecular formula is C19H22O4. The molecule has 0 aliphatic heterocycles. The van der Waals surface area contributed by atoms with E-state index in [4.69, 9.17) is 9.47 Å². The zero-order valence-corrected chi connectivity index (χ0v) is 14.1. The van der Waals surface area contributed by atoms with Crippen LogP contribution in [0.5, 0.6) is 11.5 Å². The number of fused-ring (bicyclic) bond motifs is 1. The van der Waals surface area contributed by atoms with Crippen molar-refractivity contribution >= 4 is 22.7 Å². The molecule has 0 N–H and O–H groups in total. The summed E-state index contributed by atoms with van der Waals surface area (Å²) in [6.07, 6.45) is 1.79. The topological polar surface area (TPSA) is 52.6 Å². The van der Waals surface area contributed by atoms with Gasteiger partial charge in [-0.3, -0.25) is 9.59 Å². The van der Waals surface area contributed by atoms with Gasteiger partial charge >= 0.3 is 11.9 Å². The Morgan fingerprint density at radius 2 is 1.61 bits per heavy atom. The molecule has 0 saturated carbocycles. The Morgan fingerprint density at radius 3 is 2.13 bits per heavy atom. The maximum Gasteiger partial charge on any atom is 0.311 e. The van der Waals surface area contributed by atoms with Gasteiger partial charge in [0, 0.05) is 29.7 Å². The number of esters is 2. The van der Waals surface area contributed by atoms with Crippen LogP contribution in [0.4, 0.5) is 0 Å². The average molecular weight is 314 g/mol. The fourth-order valence-corrected chi connectivity index (χ4v) is 2.74. The van der Waals surface area contributed by atoms with Gasteiger partial charge in [-0.2, -0.15) is 0 Å². The summed E-state index contributed by atoms with van der Waals surface area (Å²) in [5.74, 6) is 0.512. The van der Waals surface area contributed by atoms with E-state index < -0.39 is 0 Å². The molecule has 0 atom stereocenters. The minimum Gasteiger partial charge on any atom is -0.426 e. The Kier molecular flexibility index (Phi) is 5.37. The van der Waals surface area contributed by atoms with E-state index in [2.05, 4.69) is 0 Å². The first-order chi connectivity index (χ1) is 11.0. The van der Waals surface area contributed by atoms with Crippen LogP contribution < -0.4 is 9.47 Å². The zero-order chi connectivity index (χ0) is 17.0. The number of hydrogen-bond donors (Lipinski definition) is 0. The second-order valence-corrected chi connectivity index (χ2v) is 5.48. The molecule has 122 valence electrons. The van der Waals surface area contributed by atoms with E-state index in [0.29, 0.717) is 24.3 Å². The molecule has 23 heavy (non-hydrogen) atoms. The predicted molar refractivity (Wildman–Crippen MR) is 89.9 cm³/mol. The Balaban J connectivity index is 2.70. The van der Waals surface area contributed by atoms with Crippen LogP contribution in [0.15, 0.2) is 24.3 Å². The molecule has 0 radical (unpaired) electrons. The number of benzene rings is 2. The molecule has 2 aromatic rings. The minimum atomic E-state index is -0.361. The van der Waals surface area contributed by atoms with Gasteiger partial charge in [0.1, 0.15) is 11.5 Å². The van der Waals surface area contributed by atoms with Crippen molar-refractivity contribution in [3.63, 3.8) is 0 Å². The molecule has 2 rings (SSSR count). The third kappa shape index (κ3) is 3.52. The van der Waals surface area contributed by atoms with Crippen LogP contribution in [-0.2, 0) is 16.0 Å². The van der Waals surface area contributed by atoms with Crippen LogP contribution in [0.1, 0.15) is 44.7 Å². The normalized spacial score (nSPS) is 10.6. The van der Waals surface area contributed by atoms with Gasteiger partial charge in [-0.05, 0) is 25.3 Å². The molecule has 0 fully saturated rings. The van der Waals surface area contributed by atoms with Crippen molar-refractivity contribution in [2.45, 2.75) is 47.0 Å². The van der Waals surface area contributed by atoms with Gasteiger partial charge in [-0.1, -0.05) is 38.1 Å². The van der Waals surface area contributed by atoms with Crippen molar-refractivity contribution < 1.29 is 19.1 Å². The molecular weight excluding hydrogens is 292 g/mol. The molecule has 4 nitrogen and oxygen atoms in total. The van der Waals surface area contributed by atoms with Crippen LogP contribution >= 0.6 is 0 Å². The van der Waals surface area contributed by atoms with Gasteiger partial charge < -0.3 is 9.47 Å². The zero-order valence-electron chi connectivity index (χ0n) is 14.1. The second-order valence-electron chi connectivity index (χ2n) is 5.48. The van der Waals surface area contributed by atoms with Gasteiger partial charge in [0.05, 0.1) is 0 Å². The summed E-state index contributed by atoms with van der Waals surface area (Å²) in [7, 11) is 0. The van der Waals surface area contributed by atoms with Gasteiger partial charge in [0.2, 0.25) is 0 Å². The van der Waals surface area contributed by atoms with Crippen LogP contribution in [0.25, 0.3) is 10.8 Å². The molecule has 0 heterocycles. The van der Waals surface area contributed by atoms with Gasteiger partial charge in [-0.25, -0.2) is 0 Å².